The number of amides is 1. The van der Waals surface area contributed by atoms with Crippen molar-refractivity contribution < 1.29 is 9.90 Å². The molecule has 0 unspecified atom stereocenters. The molecule has 5 heteroatoms. The Balaban J connectivity index is 1.61. The molecule has 130 valence electrons. The Morgan fingerprint density at radius 3 is 2.60 bits per heavy atom. The van der Waals surface area contributed by atoms with E-state index < -0.39 is 6.10 Å². The summed E-state index contributed by atoms with van der Waals surface area (Å²) < 4.78 is 0. The lowest BCUT2D eigenvalue weighted by Gasteiger charge is -2.15. The van der Waals surface area contributed by atoms with Crippen molar-refractivity contribution in [2.24, 2.45) is 0 Å². The highest BCUT2D eigenvalue weighted by molar-refractivity contribution is 7.12. The van der Waals surface area contributed by atoms with Gasteiger partial charge in [-0.3, -0.25) is 4.79 Å². The fraction of sp³-hybridized carbons (Fsp3) is 0.250. The number of carbonyl (C=O) groups excluding carboxylic acids is 1. The summed E-state index contributed by atoms with van der Waals surface area (Å²) in [5, 5.41) is 17.3. The van der Waals surface area contributed by atoms with Crippen molar-refractivity contribution in [3.8, 4) is 0 Å². The number of carbonyl (C=O) groups is 1. The Labute approximate surface area is 156 Å². The van der Waals surface area contributed by atoms with Crippen LogP contribution in [0, 0.1) is 0 Å². The lowest BCUT2D eigenvalue weighted by Crippen LogP contribution is -2.28. The molecule has 0 aliphatic heterocycles. The molecule has 0 radical (unpaired) electrons. The number of hydrogen-bond acceptors (Lipinski definition) is 4. The molecular weight excluding hydrogens is 350 g/mol. The maximum Gasteiger partial charge on any atom is 0.227 e. The van der Waals surface area contributed by atoms with E-state index in [1.54, 1.807) is 11.3 Å². The van der Waals surface area contributed by atoms with Gasteiger partial charge in [0.05, 0.1) is 12.5 Å². The Morgan fingerprint density at radius 2 is 1.92 bits per heavy atom. The van der Waals surface area contributed by atoms with Crippen LogP contribution in [0.25, 0.3) is 0 Å². The monoisotopic (exact) mass is 371 g/mol. The number of aliphatic hydroxyl groups is 1. The molecule has 25 heavy (non-hydrogen) atoms. The van der Waals surface area contributed by atoms with Crippen molar-refractivity contribution in [1.29, 1.82) is 0 Å². The summed E-state index contributed by atoms with van der Waals surface area (Å²) in [5.41, 5.74) is 1.96. The second-order valence-electron chi connectivity index (χ2n) is 5.85. The summed E-state index contributed by atoms with van der Waals surface area (Å²) in [6, 6.07) is 15.7. The van der Waals surface area contributed by atoms with Gasteiger partial charge in [0.25, 0.3) is 0 Å². The maximum atomic E-state index is 12.5. The van der Waals surface area contributed by atoms with E-state index in [9.17, 15) is 9.90 Å². The Morgan fingerprint density at radius 1 is 1.12 bits per heavy atom. The summed E-state index contributed by atoms with van der Waals surface area (Å²) in [6.45, 7) is 2.51. The van der Waals surface area contributed by atoms with Gasteiger partial charge in [-0.1, -0.05) is 37.3 Å². The molecule has 0 fully saturated rings. The molecule has 0 saturated heterocycles. The highest BCUT2D eigenvalue weighted by Crippen LogP contribution is 2.29. The third-order valence-electron chi connectivity index (χ3n) is 4.17. The van der Waals surface area contributed by atoms with Gasteiger partial charge in [-0.15, -0.1) is 11.3 Å². The summed E-state index contributed by atoms with van der Waals surface area (Å²) in [6.07, 6.45) is 0.177. The number of aliphatic hydroxyl groups excluding tert-OH is 1. The van der Waals surface area contributed by atoms with Crippen LogP contribution in [-0.2, 0) is 11.3 Å². The normalized spacial score (nSPS) is 13.4. The molecule has 2 heterocycles. The van der Waals surface area contributed by atoms with Gasteiger partial charge in [-0.25, -0.2) is 0 Å². The van der Waals surface area contributed by atoms with Crippen molar-refractivity contribution in [3.05, 3.63) is 80.2 Å². The van der Waals surface area contributed by atoms with E-state index in [0.717, 1.165) is 27.3 Å². The van der Waals surface area contributed by atoms with E-state index >= 15 is 0 Å². The van der Waals surface area contributed by atoms with Crippen LogP contribution in [0.3, 0.4) is 0 Å². The first-order valence-corrected chi connectivity index (χ1v) is 10.1. The molecule has 3 rings (SSSR count). The van der Waals surface area contributed by atoms with Gasteiger partial charge in [-0.05, 0) is 46.5 Å². The maximum absolute atomic E-state index is 12.5. The van der Waals surface area contributed by atoms with Gasteiger partial charge < -0.3 is 10.4 Å². The van der Waals surface area contributed by atoms with Crippen LogP contribution in [0.5, 0.6) is 0 Å². The number of nitrogens with one attached hydrogen (secondary N) is 1. The highest BCUT2D eigenvalue weighted by Gasteiger charge is 2.19. The molecule has 0 saturated carbocycles. The summed E-state index contributed by atoms with van der Waals surface area (Å²) in [4.78, 5) is 14.5. The first-order chi connectivity index (χ1) is 12.2. The number of thiophene rings is 2. The van der Waals surface area contributed by atoms with Crippen molar-refractivity contribution >= 4 is 28.6 Å². The SMILES string of the molecule is CC[C@H](C(=O)NCc1ccc([C@H](O)c2ccsc2)s1)c1ccccc1. The van der Waals surface area contributed by atoms with Crippen molar-refractivity contribution in [3.63, 3.8) is 0 Å². The zero-order valence-electron chi connectivity index (χ0n) is 14.0. The van der Waals surface area contributed by atoms with Crippen molar-refractivity contribution in [2.75, 3.05) is 0 Å². The molecule has 3 nitrogen and oxygen atoms in total. The van der Waals surface area contributed by atoms with E-state index in [1.165, 1.54) is 11.3 Å². The molecule has 2 N–H and O–H groups in total. The van der Waals surface area contributed by atoms with E-state index in [4.69, 9.17) is 0 Å². The third-order valence-corrected chi connectivity index (χ3v) is 6.01. The van der Waals surface area contributed by atoms with Crippen LogP contribution in [0.1, 0.15) is 46.2 Å². The van der Waals surface area contributed by atoms with Gasteiger partial charge in [0.15, 0.2) is 0 Å². The Bertz CT molecular complexity index is 796. The molecule has 1 aromatic carbocycles. The average Bonchev–Trinajstić information content (AvgIpc) is 3.33. The van der Waals surface area contributed by atoms with Gasteiger partial charge in [0.1, 0.15) is 6.10 Å². The van der Waals surface area contributed by atoms with Crippen LogP contribution in [0.4, 0.5) is 0 Å². The number of hydrogen-bond donors (Lipinski definition) is 2. The van der Waals surface area contributed by atoms with E-state index in [1.807, 2.05) is 66.2 Å². The van der Waals surface area contributed by atoms with E-state index in [0.29, 0.717) is 6.54 Å². The smallest absolute Gasteiger partial charge is 0.227 e. The summed E-state index contributed by atoms with van der Waals surface area (Å²) in [7, 11) is 0. The zero-order chi connectivity index (χ0) is 17.6. The van der Waals surface area contributed by atoms with Crippen LogP contribution >= 0.6 is 22.7 Å². The highest BCUT2D eigenvalue weighted by atomic mass is 32.1. The standard InChI is InChI=1S/C20H21NO2S2/c1-2-17(14-6-4-3-5-7-14)20(23)21-12-16-8-9-18(25-16)19(22)15-10-11-24-13-15/h3-11,13,17,19,22H,2,12H2,1H3,(H,21,23)/t17-,19+/m0/s1. The molecule has 0 bridgehead atoms. The summed E-state index contributed by atoms with van der Waals surface area (Å²) in [5.74, 6) is -0.0842. The molecule has 0 aliphatic carbocycles. The Hall–Kier alpha value is -1.95. The number of rotatable bonds is 7. The van der Waals surface area contributed by atoms with Gasteiger partial charge in [-0.2, -0.15) is 11.3 Å². The van der Waals surface area contributed by atoms with Crippen LogP contribution in [-0.4, -0.2) is 11.0 Å². The molecule has 2 aromatic heterocycles. The lowest BCUT2D eigenvalue weighted by molar-refractivity contribution is -0.122. The predicted octanol–water partition coefficient (Wildman–Crippen LogP) is 4.70. The van der Waals surface area contributed by atoms with E-state index in [2.05, 4.69) is 5.32 Å². The minimum absolute atomic E-state index is 0.0435. The average molecular weight is 372 g/mol. The van der Waals surface area contributed by atoms with Gasteiger partial charge in [0.2, 0.25) is 5.91 Å². The van der Waals surface area contributed by atoms with Gasteiger partial charge in [0, 0.05) is 9.75 Å². The third kappa shape index (κ3) is 4.37. The summed E-state index contributed by atoms with van der Waals surface area (Å²) >= 11 is 3.11. The Kier molecular flexibility index (Phi) is 6.02. The minimum Gasteiger partial charge on any atom is -0.383 e. The van der Waals surface area contributed by atoms with Crippen molar-refractivity contribution in [1.82, 2.24) is 5.32 Å². The molecular formula is C20H21NO2S2. The first kappa shape index (κ1) is 17.9. The van der Waals surface area contributed by atoms with Crippen LogP contribution < -0.4 is 5.32 Å². The van der Waals surface area contributed by atoms with E-state index in [-0.39, 0.29) is 11.8 Å². The predicted molar refractivity (Wildman–Crippen MR) is 104 cm³/mol. The molecule has 0 spiro atoms. The largest absolute Gasteiger partial charge is 0.383 e. The molecule has 3 aromatic rings. The quantitative estimate of drug-likeness (QED) is 0.632. The fourth-order valence-electron chi connectivity index (χ4n) is 2.79. The fourth-order valence-corrected chi connectivity index (χ4v) is 4.43. The second kappa shape index (κ2) is 8.43. The number of benzene rings is 1. The minimum atomic E-state index is -0.589. The lowest BCUT2D eigenvalue weighted by atomic mass is 9.96. The zero-order valence-corrected chi connectivity index (χ0v) is 15.6. The van der Waals surface area contributed by atoms with Crippen LogP contribution in [0.2, 0.25) is 0 Å². The second-order valence-corrected chi connectivity index (χ2v) is 7.83. The van der Waals surface area contributed by atoms with Gasteiger partial charge >= 0.3 is 0 Å². The van der Waals surface area contributed by atoms with Crippen LogP contribution in [0.15, 0.2) is 59.3 Å². The topological polar surface area (TPSA) is 49.3 Å². The molecule has 2 atom stereocenters. The molecule has 0 aliphatic rings. The van der Waals surface area contributed by atoms with Crippen molar-refractivity contribution in [2.45, 2.75) is 31.9 Å². The first-order valence-electron chi connectivity index (χ1n) is 8.30. The molecule has 1 amide bonds.